The van der Waals surface area contributed by atoms with Gasteiger partial charge in [-0.15, -0.1) is 5.10 Å². The summed E-state index contributed by atoms with van der Waals surface area (Å²) in [6, 6.07) is 0. The van der Waals surface area contributed by atoms with Gasteiger partial charge in [-0.2, -0.15) is 12.6 Å². The number of hydrogen-bond donors (Lipinski definition) is 1. The monoisotopic (exact) mass is 202 g/mol. The second-order valence-corrected chi connectivity index (χ2v) is 3.22. The lowest BCUT2D eigenvalue weighted by Crippen LogP contribution is -2.15. The lowest BCUT2D eigenvalue weighted by atomic mass is 10.4. The van der Waals surface area contributed by atoms with Gasteiger partial charge in [-0.3, -0.25) is 4.79 Å². The van der Waals surface area contributed by atoms with E-state index in [0.29, 0.717) is 5.82 Å². The maximum atomic E-state index is 10.9. The molecule has 0 radical (unpaired) electrons. The van der Waals surface area contributed by atoms with Crippen molar-refractivity contribution < 1.29 is 9.53 Å². The van der Waals surface area contributed by atoms with Crippen molar-refractivity contribution in [3.8, 4) is 0 Å². The molecule has 0 N–H and O–H groups in total. The molecule has 7 heteroatoms. The molecular weight excluding hydrogens is 192 g/mol. The fraction of sp³-hybridized carbons (Fsp3) is 0.667. The van der Waals surface area contributed by atoms with Crippen LogP contribution in [0, 0.1) is 0 Å². The van der Waals surface area contributed by atoms with Crippen molar-refractivity contribution in [2.75, 3.05) is 7.11 Å². The first-order valence-electron chi connectivity index (χ1n) is 3.66. The van der Waals surface area contributed by atoms with Crippen LogP contribution in [0.1, 0.15) is 18.0 Å². The number of rotatable bonds is 3. The second-order valence-electron chi connectivity index (χ2n) is 2.45. The van der Waals surface area contributed by atoms with Crippen molar-refractivity contribution in [3.63, 3.8) is 0 Å². The third-order valence-electron chi connectivity index (χ3n) is 1.44. The van der Waals surface area contributed by atoms with Crippen LogP contribution in [0.4, 0.5) is 0 Å². The fourth-order valence-corrected chi connectivity index (χ4v) is 0.995. The zero-order valence-electron chi connectivity index (χ0n) is 7.34. The van der Waals surface area contributed by atoms with E-state index in [-0.39, 0.29) is 17.8 Å². The lowest BCUT2D eigenvalue weighted by Gasteiger charge is -2.04. The Labute approximate surface area is 80.7 Å². The summed E-state index contributed by atoms with van der Waals surface area (Å²) in [5.74, 6) is 0.163. The van der Waals surface area contributed by atoms with Gasteiger partial charge in [0.2, 0.25) is 0 Å². The largest absolute Gasteiger partial charge is 0.468 e. The zero-order chi connectivity index (χ0) is 9.84. The number of methoxy groups -OCH3 is 1. The zero-order valence-corrected chi connectivity index (χ0v) is 8.23. The Bertz CT molecular complexity index is 299. The SMILES string of the molecule is COC(=O)Cn1nnnc1C(C)S. The number of tetrazole rings is 1. The summed E-state index contributed by atoms with van der Waals surface area (Å²) in [4.78, 5) is 10.9. The van der Waals surface area contributed by atoms with Crippen molar-refractivity contribution >= 4 is 18.6 Å². The molecule has 0 aromatic carbocycles. The van der Waals surface area contributed by atoms with Crippen molar-refractivity contribution in [3.05, 3.63) is 5.82 Å². The van der Waals surface area contributed by atoms with Crippen LogP contribution >= 0.6 is 12.6 Å². The highest BCUT2D eigenvalue weighted by Gasteiger charge is 2.13. The molecule has 0 fully saturated rings. The van der Waals surface area contributed by atoms with E-state index in [2.05, 4.69) is 32.9 Å². The van der Waals surface area contributed by atoms with E-state index in [9.17, 15) is 4.79 Å². The molecule has 0 amide bonds. The van der Waals surface area contributed by atoms with E-state index >= 15 is 0 Å². The summed E-state index contributed by atoms with van der Waals surface area (Å²) in [5, 5.41) is 10.7. The van der Waals surface area contributed by atoms with E-state index < -0.39 is 0 Å². The predicted molar refractivity (Wildman–Crippen MR) is 47.2 cm³/mol. The first-order valence-corrected chi connectivity index (χ1v) is 4.17. The minimum Gasteiger partial charge on any atom is -0.468 e. The average Bonchev–Trinajstić information content (AvgIpc) is 2.52. The molecule has 13 heavy (non-hydrogen) atoms. The van der Waals surface area contributed by atoms with Crippen molar-refractivity contribution in [2.24, 2.45) is 0 Å². The number of aromatic nitrogens is 4. The molecule has 6 nitrogen and oxygen atoms in total. The van der Waals surface area contributed by atoms with Crippen LogP contribution in [-0.4, -0.2) is 33.3 Å². The molecule has 0 saturated carbocycles. The summed E-state index contributed by atoms with van der Waals surface area (Å²) >= 11 is 4.16. The number of thiol groups is 1. The van der Waals surface area contributed by atoms with Crippen LogP contribution < -0.4 is 0 Å². The highest BCUT2D eigenvalue weighted by molar-refractivity contribution is 7.80. The fourth-order valence-electron chi connectivity index (χ4n) is 0.810. The normalized spacial score (nSPS) is 12.5. The van der Waals surface area contributed by atoms with Gasteiger partial charge in [-0.05, 0) is 17.4 Å². The molecule has 72 valence electrons. The van der Waals surface area contributed by atoms with E-state index in [1.807, 2.05) is 6.92 Å². The van der Waals surface area contributed by atoms with Gasteiger partial charge in [0.1, 0.15) is 6.54 Å². The second kappa shape index (κ2) is 4.22. The topological polar surface area (TPSA) is 69.9 Å². The Balaban J connectivity index is 2.76. The Kier molecular flexibility index (Phi) is 3.24. The molecule has 0 aliphatic heterocycles. The Morgan fingerprint density at radius 3 is 3.00 bits per heavy atom. The average molecular weight is 202 g/mol. The van der Waals surface area contributed by atoms with Crippen LogP contribution in [0.3, 0.4) is 0 Å². The van der Waals surface area contributed by atoms with E-state index in [1.54, 1.807) is 0 Å². The Hall–Kier alpha value is -1.11. The minimum absolute atomic E-state index is 0.0176. The molecule has 1 heterocycles. The quantitative estimate of drug-likeness (QED) is 0.544. The van der Waals surface area contributed by atoms with Crippen LogP contribution in [0.2, 0.25) is 0 Å². The van der Waals surface area contributed by atoms with Crippen LogP contribution in [0.15, 0.2) is 0 Å². The predicted octanol–water partition coefficient (Wildman–Crippen LogP) is -0.163. The van der Waals surface area contributed by atoms with Gasteiger partial charge < -0.3 is 4.74 Å². The van der Waals surface area contributed by atoms with Crippen molar-refractivity contribution in [1.82, 2.24) is 20.2 Å². The molecule has 0 saturated heterocycles. The van der Waals surface area contributed by atoms with E-state index in [4.69, 9.17) is 0 Å². The smallest absolute Gasteiger partial charge is 0.327 e. The Morgan fingerprint density at radius 2 is 2.46 bits per heavy atom. The molecule has 0 spiro atoms. The summed E-state index contributed by atoms with van der Waals surface area (Å²) in [7, 11) is 1.32. The number of hydrogen-bond acceptors (Lipinski definition) is 6. The molecule has 1 aromatic rings. The molecule has 1 atom stereocenters. The first kappa shape index (κ1) is 9.97. The first-order chi connectivity index (χ1) is 6.15. The molecule has 0 aliphatic carbocycles. The molecule has 1 unspecified atom stereocenters. The summed E-state index contributed by atoms with van der Waals surface area (Å²) in [6.45, 7) is 1.84. The van der Waals surface area contributed by atoms with E-state index in [0.717, 1.165) is 0 Å². The highest BCUT2D eigenvalue weighted by atomic mass is 32.1. The molecule has 0 aliphatic rings. The molecule has 1 rings (SSSR count). The third kappa shape index (κ3) is 2.41. The van der Waals surface area contributed by atoms with E-state index in [1.165, 1.54) is 11.8 Å². The van der Waals surface area contributed by atoms with Crippen molar-refractivity contribution in [1.29, 1.82) is 0 Å². The third-order valence-corrected chi connectivity index (χ3v) is 1.67. The lowest BCUT2D eigenvalue weighted by molar-refractivity contribution is -0.141. The number of ether oxygens (including phenoxy) is 1. The number of nitrogens with zero attached hydrogens (tertiary/aromatic N) is 4. The van der Waals surface area contributed by atoms with Crippen molar-refractivity contribution in [2.45, 2.75) is 18.7 Å². The molecular formula is C6H10N4O2S. The van der Waals surface area contributed by atoms with Gasteiger partial charge >= 0.3 is 5.97 Å². The van der Waals surface area contributed by atoms with Gasteiger partial charge in [0, 0.05) is 0 Å². The maximum absolute atomic E-state index is 10.9. The van der Waals surface area contributed by atoms with Crippen LogP contribution in [0.5, 0.6) is 0 Å². The van der Waals surface area contributed by atoms with Gasteiger partial charge in [0.25, 0.3) is 0 Å². The maximum Gasteiger partial charge on any atom is 0.327 e. The molecule has 1 aromatic heterocycles. The van der Waals surface area contributed by atoms with Crippen LogP contribution in [0.25, 0.3) is 0 Å². The standard InChI is InChI=1S/C6H10N4O2S/c1-4(13)6-7-8-9-10(6)3-5(11)12-2/h4,13H,3H2,1-2H3. The minimum atomic E-state index is -0.387. The van der Waals surface area contributed by atoms with Crippen LogP contribution in [-0.2, 0) is 16.1 Å². The highest BCUT2D eigenvalue weighted by Crippen LogP contribution is 2.14. The van der Waals surface area contributed by atoms with Gasteiger partial charge in [-0.1, -0.05) is 0 Å². The summed E-state index contributed by atoms with van der Waals surface area (Å²) in [5.41, 5.74) is 0. The Morgan fingerprint density at radius 1 is 1.77 bits per heavy atom. The number of carbonyl (C=O) groups is 1. The summed E-state index contributed by atoms with van der Waals surface area (Å²) in [6.07, 6.45) is 0. The molecule has 0 bridgehead atoms. The van der Waals surface area contributed by atoms with Gasteiger partial charge in [-0.25, -0.2) is 4.68 Å². The van der Waals surface area contributed by atoms with Gasteiger partial charge in [0.15, 0.2) is 5.82 Å². The number of carbonyl (C=O) groups excluding carboxylic acids is 1. The summed E-state index contributed by atoms with van der Waals surface area (Å²) < 4.78 is 5.84. The van der Waals surface area contributed by atoms with Gasteiger partial charge in [0.05, 0.1) is 12.4 Å². The number of esters is 1.